The first-order valence-corrected chi connectivity index (χ1v) is 6.62. The molecule has 2 aromatic rings. The number of thiocarbonyl (C=S) groups is 1. The maximum Gasteiger partial charge on any atom is 0.271 e. The van der Waals surface area contributed by atoms with Gasteiger partial charge in [-0.1, -0.05) is 11.6 Å². The Morgan fingerprint density at radius 1 is 1.14 bits per heavy atom. The Bertz CT molecular complexity index is 758. The van der Waals surface area contributed by atoms with E-state index in [-0.39, 0.29) is 21.5 Å². The summed E-state index contributed by atoms with van der Waals surface area (Å²) in [6.07, 6.45) is 0. The smallest absolute Gasteiger partial charge is 0.271 e. The van der Waals surface area contributed by atoms with Crippen molar-refractivity contribution in [1.82, 2.24) is 0 Å². The van der Waals surface area contributed by atoms with Crippen molar-refractivity contribution in [3.05, 3.63) is 63.2 Å². The van der Waals surface area contributed by atoms with Crippen molar-refractivity contribution in [1.29, 1.82) is 0 Å². The number of halogens is 3. The number of hydrogen-bond donors (Lipinski definition) is 2. The Morgan fingerprint density at radius 3 is 2.36 bits per heavy atom. The van der Waals surface area contributed by atoms with Gasteiger partial charge in [0.15, 0.2) is 5.11 Å². The molecule has 0 atom stereocenters. The SMILES string of the molecule is O=[N+]([O-])c1ccc(NC(=S)Nc2ccc(F)cc2F)c(Cl)c1. The van der Waals surface area contributed by atoms with E-state index in [0.717, 1.165) is 12.1 Å². The zero-order chi connectivity index (χ0) is 16.3. The van der Waals surface area contributed by atoms with Gasteiger partial charge in [0.2, 0.25) is 0 Å². The quantitative estimate of drug-likeness (QED) is 0.493. The number of nitrogens with one attached hydrogen (secondary N) is 2. The number of non-ortho nitro benzene ring substituents is 1. The second-order valence-corrected chi connectivity index (χ2v) is 4.94. The van der Waals surface area contributed by atoms with Crippen LogP contribution in [0.1, 0.15) is 0 Å². The molecule has 2 rings (SSSR count). The summed E-state index contributed by atoms with van der Waals surface area (Å²) in [5.41, 5.74) is 0.128. The third-order valence-corrected chi connectivity index (χ3v) is 3.11. The molecule has 0 aliphatic carbocycles. The number of rotatable bonds is 3. The molecule has 0 bridgehead atoms. The lowest BCUT2D eigenvalue weighted by Crippen LogP contribution is -2.20. The van der Waals surface area contributed by atoms with Crippen molar-refractivity contribution in [2.45, 2.75) is 0 Å². The Hall–Kier alpha value is -2.32. The number of hydrogen-bond acceptors (Lipinski definition) is 3. The minimum Gasteiger partial charge on any atom is -0.331 e. The zero-order valence-electron chi connectivity index (χ0n) is 10.8. The molecular formula is C13H8ClF2N3O2S. The molecule has 0 aliphatic rings. The van der Waals surface area contributed by atoms with E-state index in [1.165, 1.54) is 18.2 Å². The predicted octanol–water partition coefficient (Wildman–Crippen LogP) is 4.34. The van der Waals surface area contributed by atoms with Crippen LogP contribution in [0.4, 0.5) is 25.8 Å². The average molecular weight is 344 g/mol. The summed E-state index contributed by atoms with van der Waals surface area (Å²) >= 11 is 10.9. The molecule has 0 saturated carbocycles. The first kappa shape index (κ1) is 16.1. The summed E-state index contributed by atoms with van der Waals surface area (Å²) < 4.78 is 26.3. The molecule has 0 saturated heterocycles. The summed E-state index contributed by atoms with van der Waals surface area (Å²) in [5.74, 6) is -1.51. The van der Waals surface area contributed by atoms with Crippen LogP contribution in [0.3, 0.4) is 0 Å². The second-order valence-electron chi connectivity index (χ2n) is 4.12. The van der Waals surface area contributed by atoms with Gasteiger partial charge in [-0.3, -0.25) is 10.1 Å². The highest BCUT2D eigenvalue weighted by Gasteiger charge is 2.11. The van der Waals surface area contributed by atoms with Gasteiger partial charge in [-0.15, -0.1) is 0 Å². The van der Waals surface area contributed by atoms with Gasteiger partial charge in [0.05, 0.1) is 21.3 Å². The van der Waals surface area contributed by atoms with Crippen molar-refractivity contribution in [3.8, 4) is 0 Å². The van der Waals surface area contributed by atoms with Gasteiger partial charge >= 0.3 is 0 Å². The van der Waals surface area contributed by atoms with Crippen molar-refractivity contribution >= 4 is 46.0 Å². The van der Waals surface area contributed by atoms with Crippen LogP contribution in [-0.4, -0.2) is 10.0 Å². The van der Waals surface area contributed by atoms with Gasteiger partial charge in [-0.05, 0) is 30.4 Å². The van der Waals surface area contributed by atoms with E-state index in [1.807, 2.05) is 0 Å². The summed E-state index contributed by atoms with van der Waals surface area (Å²) in [7, 11) is 0. The van der Waals surface area contributed by atoms with Gasteiger partial charge in [0, 0.05) is 18.2 Å². The highest BCUT2D eigenvalue weighted by molar-refractivity contribution is 7.80. The predicted molar refractivity (Wildman–Crippen MR) is 84.3 cm³/mol. The van der Waals surface area contributed by atoms with E-state index in [1.54, 1.807) is 0 Å². The van der Waals surface area contributed by atoms with E-state index >= 15 is 0 Å². The van der Waals surface area contributed by atoms with Crippen LogP contribution in [0.2, 0.25) is 5.02 Å². The molecule has 2 aromatic carbocycles. The molecule has 2 N–H and O–H groups in total. The molecule has 0 fully saturated rings. The molecule has 22 heavy (non-hydrogen) atoms. The lowest BCUT2D eigenvalue weighted by molar-refractivity contribution is -0.384. The van der Waals surface area contributed by atoms with E-state index in [0.29, 0.717) is 11.8 Å². The topological polar surface area (TPSA) is 67.2 Å². The van der Waals surface area contributed by atoms with Crippen LogP contribution >= 0.6 is 23.8 Å². The fraction of sp³-hybridized carbons (Fsp3) is 0. The van der Waals surface area contributed by atoms with Gasteiger partial charge in [-0.25, -0.2) is 8.78 Å². The Morgan fingerprint density at radius 2 is 1.77 bits per heavy atom. The summed E-state index contributed by atoms with van der Waals surface area (Å²) in [6.45, 7) is 0. The van der Waals surface area contributed by atoms with Crippen LogP contribution in [0.5, 0.6) is 0 Å². The Balaban J connectivity index is 2.10. The third kappa shape index (κ3) is 3.86. The monoisotopic (exact) mass is 343 g/mol. The van der Waals surface area contributed by atoms with Crippen molar-refractivity contribution in [2.75, 3.05) is 10.6 Å². The highest BCUT2D eigenvalue weighted by atomic mass is 35.5. The first-order chi connectivity index (χ1) is 10.4. The summed E-state index contributed by atoms with van der Waals surface area (Å²) in [5, 5.41) is 15.9. The van der Waals surface area contributed by atoms with Crippen LogP contribution in [0.15, 0.2) is 36.4 Å². The highest BCUT2D eigenvalue weighted by Crippen LogP contribution is 2.27. The number of benzene rings is 2. The Kier molecular flexibility index (Phi) is 4.84. The van der Waals surface area contributed by atoms with Crippen molar-refractivity contribution < 1.29 is 13.7 Å². The molecule has 0 aliphatic heterocycles. The first-order valence-electron chi connectivity index (χ1n) is 5.84. The van der Waals surface area contributed by atoms with E-state index in [9.17, 15) is 18.9 Å². The van der Waals surface area contributed by atoms with E-state index in [2.05, 4.69) is 10.6 Å². The molecule has 114 valence electrons. The number of nitrogens with zero attached hydrogens (tertiary/aromatic N) is 1. The van der Waals surface area contributed by atoms with Crippen LogP contribution in [0.25, 0.3) is 0 Å². The Labute approximate surface area is 134 Å². The molecule has 0 spiro atoms. The summed E-state index contributed by atoms with van der Waals surface area (Å²) in [4.78, 5) is 10.0. The fourth-order valence-corrected chi connectivity index (χ4v) is 2.03. The van der Waals surface area contributed by atoms with Gasteiger partial charge in [0.1, 0.15) is 11.6 Å². The standard InChI is InChI=1S/C13H8ClF2N3O2S/c14-9-6-8(19(20)21)2-4-11(9)17-13(22)18-12-3-1-7(15)5-10(12)16/h1-6H,(H2,17,18,22). The fourth-order valence-electron chi connectivity index (χ4n) is 1.59. The molecule has 0 aromatic heterocycles. The minimum atomic E-state index is -0.807. The van der Waals surface area contributed by atoms with Gasteiger partial charge in [-0.2, -0.15) is 0 Å². The lowest BCUT2D eigenvalue weighted by atomic mass is 10.3. The van der Waals surface area contributed by atoms with Crippen LogP contribution in [0, 0.1) is 21.7 Å². The van der Waals surface area contributed by atoms with Crippen molar-refractivity contribution in [2.24, 2.45) is 0 Å². The molecule has 0 radical (unpaired) electrons. The van der Waals surface area contributed by atoms with E-state index < -0.39 is 16.6 Å². The molecule has 9 heteroatoms. The maximum atomic E-state index is 13.5. The largest absolute Gasteiger partial charge is 0.331 e. The number of anilines is 2. The molecule has 0 heterocycles. The zero-order valence-corrected chi connectivity index (χ0v) is 12.3. The minimum absolute atomic E-state index is 0.00117. The lowest BCUT2D eigenvalue weighted by Gasteiger charge is -2.12. The van der Waals surface area contributed by atoms with Gasteiger partial charge < -0.3 is 10.6 Å². The maximum absolute atomic E-state index is 13.5. The molecule has 0 amide bonds. The average Bonchev–Trinajstić information content (AvgIpc) is 2.44. The molecule has 5 nitrogen and oxygen atoms in total. The van der Waals surface area contributed by atoms with E-state index in [4.69, 9.17) is 23.8 Å². The third-order valence-electron chi connectivity index (χ3n) is 2.59. The van der Waals surface area contributed by atoms with Crippen molar-refractivity contribution in [3.63, 3.8) is 0 Å². The van der Waals surface area contributed by atoms with Crippen LogP contribution < -0.4 is 10.6 Å². The number of nitro benzene ring substituents is 1. The molecule has 0 unspecified atom stereocenters. The van der Waals surface area contributed by atoms with Gasteiger partial charge in [0.25, 0.3) is 5.69 Å². The summed E-state index contributed by atoms with van der Waals surface area (Å²) in [6, 6.07) is 6.75. The van der Waals surface area contributed by atoms with Crippen LogP contribution in [-0.2, 0) is 0 Å². The number of nitro groups is 1. The molecular weight excluding hydrogens is 336 g/mol. The second kappa shape index (κ2) is 6.63. The normalized spacial score (nSPS) is 10.1.